The maximum atomic E-state index is 12.2. The molecular weight excluding hydrogens is 330 g/mol. The van der Waals surface area contributed by atoms with Crippen LogP contribution in [0, 0.1) is 12.8 Å². The number of aryl methyl sites for hydroxylation is 1. The number of hydrogen-bond donors (Lipinski definition) is 1. The van der Waals surface area contributed by atoms with Crippen LogP contribution in [0.2, 0.25) is 0 Å². The fourth-order valence-electron chi connectivity index (χ4n) is 1.71. The molecule has 2 aromatic rings. The number of amides is 1. The third-order valence-corrected chi connectivity index (χ3v) is 5.25. The van der Waals surface area contributed by atoms with Crippen molar-refractivity contribution in [1.29, 1.82) is 0 Å². The predicted octanol–water partition coefficient (Wildman–Crippen LogP) is 4.00. The fraction of sp³-hybridized carbons (Fsp3) is 0.438. The van der Waals surface area contributed by atoms with Crippen LogP contribution in [-0.4, -0.2) is 28.0 Å². The second-order valence-electron chi connectivity index (χ2n) is 5.64. The highest BCUT2D eigenvalue weighted by Gasteiger charge is 2.17. The van der Waals surface area contributed by atoms with Crippen LogP contribution >= 0.6 is 23.1 Å². The van der Waals surface area contributed by atoms with Gasteiger partial charge in [0.15, 0.2) is 10.4 Å². The van der Waals surface area contributed by atoms with Gasteiger partial charge in [-0.2, -0.15) is 0 Å². The monoisotopic (exact) mass is 351 g/mol. The first-order valence-electron chi connectivity index (χ1n) is 7.44. The number of anilines is 1. The number of rotatable bonds is 7. The number of ether oxygens (including phenoxy) is 1. The van der Waals surface area contributed by atoms with Crippen molar-refractivity contribution in [3.63, 3.8) is 0 Å². The van der Waals surface area contributed by atoms with Gasteiger partial charge in [0, 0.05) is 5.75 Å². The molecule has 23 heavy (non-hydrogen) atoms. The Morgan fingerprint density at radius 1 is 1.35 bits per heavy atom. The van der Waals surface area contributed by atoms with E-state index in [0.717, 1.165) is 15.7 Å². The molecule has 1 heterocycles. The first-order valence-corrected chi connectivity index (χ1v) is 9.24. The standard InChI is InChI=1S/C16H21N3O2S2/c1-10(2)9-22-16-19-18-15(23-16)17-14(20)12(4)21-13-7-5-6-11(3)8-13/h5-8,10,12H,9H2,1-4H3,(H,17,18,20). The van der Waals surface area contributed by atoms with Crippen molar-refractivity contribution in [2.45, 2.75) is 38.1 Å². The summed E-state index contributed by atoms with van der Waals surface area (Å²) in [6.45, 7) is 8.00. The molecule has 2 rings (SSSR count). The van der Waals surface area contributed by atoms with Gasteiger partial charge in [0.05, 0.1) is 0 Å². The van der Waals surface area contributed by atoms with Crippen molar-refractivity contribution < 1.29 is 9.53 Å². The van der Waals surface area contributed by atoms with E-state index in [1.165, 1.54) is 11.3 Å². The SMILES string of the molecule is Cc1cccc(OC(C)C(=O)Nc2nnc(SCC(C)C)s2)c1. The van der Waals surface area contributed by atoms with Gasteiger partial charge in [-0.3, -0.25) is 10.1 Å². The molecule has 0 saturated heterocycles. The van der Waals surface area contributed by atoms with Crippen molar-refractivity contribution in [2.75, 3.05) is 11.1 Å². The van der Waals surface area contributed by atoms with E-state index in [4.69, 9.17) is 4.74 Å². The number of nitrogens with zero attached hydrogens (tertiary/aromatic N) is 2. The van der Waals surface area contributed by atoms with Crippen molar-refractivity contribution in [3.05, 3.63) is 29.8 Å². The fourth-order valence-corrected chi connectivity index (χ4v) is 3.44. The van der Waals surface area contributed by atoms with Crippen molar-refractivity contribution in [3.8, 4) is 5.75 Å². The van der Waals surface area contributed by atoms with Crippen molar-refractivity contribution in [1.82, 2.24) is 10.2 Å². The van der Waals surface area contributed by atoms with E-state index >= 15 is 0 Å². The molecule has 0 aliphatic heterocycles. The van der Waals surface area contributed by atoms with Crippen LogP contribution in [0.15, 0.2) is 28.6 Å². The first-order chi connectivity index (χ1) is 10.9. The largest absolute Gasteiger partial charge is 0.481 e. The average Bonchev–Trinajstić information content (AvgIpc) is 2.92. The number of carbonyl (C=O) groups excluding carboxylic acids is 1. The zero-order chi connectivity index (χ0) is 16.8. The van der Waals surface area contributed by atoms with Crippen LogP contribution in [0.3, 0.4) is 0 Å². The van der Waals surface area contributed by atoms with Crippen molar-refractivity contribution in [2.24, 2.45) is 5.92 Å². The zero-order valence-electron chi connectivity index (χ0n) is 13.7. The highest BCUT2D eigenvalue weighted by molar-refractivity contribution is 8.01. The first kappa shape index (κ1) is 17.7. The Morgan fingerprint density at radius 3 is 2.83 bits per heavy atom. The smallest absolute Gasteiger partial charge is 0.266 e. The number of aromatic nitrogens is 2. The van der Waals surface area contributed by atoms with Crippen LogP contribution in [0.25, 0.3) is 0 Å². The van der Waals surface area contributed by atoms with E-state index in [2.05, 4.69) is 29.4 Å². The van der Waals surface area contributed by atoms with E-state index < -0.39 is 6.10 Å². The van der Waals surface area contributed by atoms with Gasteiger partial charge in [-0.1, -0.05) is 49.1 Å². The normalized spacial score (nSPS) is 12.2. The highest BCUT2D eigenvalue weighted by atomic mass is 32.2. The van der Waals surface area contributed by atoms with E-state index in [-0.39, 0.29) is 5.91 Å². The lowest BCUT2D eigenvalue weighted by atomic mass is 10.2. The number of thioether (sulfide) groups is 1. The minimum atomic E-state index is -0.604. The van der Waals surface area contributed by atoms with Gasteiger partial charge >= 0.3 is 0 Å². The van der Waals surface area contributed by atoms with Crippen LogP contribution in [0.4, 0.5) is 5.13 Å². The van der Waals surface area contributed by atoms with Gasteiger partial charge in [-0.25, -0.2) is 0 Å². The molecule has 1 atom stereocenters. The molecule has 0 saturated carbocycles. The second kappa shape index (κ2) is 8.31. The Bertz CT molecular complexity index is 658. The molecule has 0 aliphatic rings. The third kappa shape index (κ3) is 5.84. The molecule has 124 valence electrons. The summed E-state index contributed by atoms with van der Waals surface area (Å²) in [5, 5.41) is 11.3. The number of benzene rings is 1. The van der Waals surface area contributed by atoms with Crippen molar-refractivity contribution >= 4 is 34.1 Å². The molecule has 1 N–H and O–H groups in total. The molecule has 0 fully saturated rings. The average molecular weight is 351 g/mol. The lowest BCUT2D eigenvalue weighted by Gasteiger charge is -2.13. The Labute approximate surface area is 144 Å². The topological polar surface area (TPSA) is 64.1 Å². The van der Waals surface area contributed by atoms with Gasteiger partial charge in [0.2, 0.25) is 5.13 Å². The zero-order valence-corrected chi connectivity index (χ0v) is 15.3. The molecule has 0 bridgehead atoms. The minimum absolute atomic E-state index is 0.233. The summed E-state index contributed by atoms with van der Waals surface area (Å²) >= 11 is 3.03. The summed E-state index contributed by atoms with van der Waals surface area (Å²) in [6, 6.07) is 7.62. The van der Waals surface area contributed by atoms with Gasteiger partial charge in [0.25, 0.3) is 5.91 Å². The van der Waals surface area contributed by atoms with Gasteiger partial charge in [-0.05, 0) is 37.5 Å². The van der Waals surface area contributed by atoms with Gasteiger partial charge in [-0.15, -0.1) is 10.2 Å². The molecule has 0 spiro atoms. The van der Waals surface area contributed by atoms with E-state index in [9.17, 15) is 4.79 Å². The van der Waals surface area contributed by atoms with E-state index in [0.29, 0.717) is 16.8 Å². The summed E-state index contributed by atoms with van der Waals surface area (Å²) in [4.78, 5) is 12.2. The lowest BCUT2D eigenvalue weighted by Crippen LogP contribution is -2.30. The molecule has 1 unspecified atom stereocenters. The van der Waals surface area contributed by atoms with Crippen LogP contribution in [0.5, 0.6) is 5.75 Å². The number of carbonyl (C=O) groups is 1. The summed E-state index contributed by atoms with van der Waals surface area (Å²) in [5.41, 5.74) is 1.09. The van der Waals surface area contributed by atoms with Crippen LogP contribution < -0.4 is 10.1 Å². The number of nitrogens with one attached hydrogen (secondary N) is 1. The molecule has 0 radical (unpaired) electrons. The lowest BCUT2D eigenvalue weighted by molar-refractivity contribution is -0.122. The maximum Gasteiger partial charge on any atom is 0.266 e. The molecular formula is C16H21N3O2S2. The maximum absolute atomic E-state index is 12.2. The molecule has 1 amide bonds. The summed E-state index contributed by atoms with van der Waals surface area (Å²) in [6.07, 6.45) is -0.604. The van der Waals surface area contributed by atoms with E-state index in [1.807, 2.05) is 31.2 Å². The summed E-state index contributed by atoms with van der Waals surface area (Å²) in [7, 11) is 0. The Morgan fingerprint density at radius 2 is 2.13 bits per heavy atom. The highest BCUT2D eigenvalue weighted by Crippen LogP contribution is 2.27. The van der Waals surface area contributed by atoms with Gasteiger partial charge < -0.3 is 4.74 Å². The summed E-state index contributed by atoms with van der Waals surface area (Å²) in [5.74, 6) is 2.01. The molecule has 1 aromatic heterocycles. The van der Waals surface area contributed by atoms with Crippen LogP contribution in [-0.2, 0) is 4.79 Å². The summed E-state index contributed by atoms with van der Waals surface area (Å²) < 4.78 is 6.52. The molecule has 7 heteroatoms. The Balaban J connectivity index is 1.88. The van der Waals surface area contributed by atoms with Gasteiger partial charge in [0.1, 0.15) is 5.75 Å². The number of hydrogen-bond acceptors (Lipinski definition) is 6. The molecule has 0 aliphatic carbocycles. The Hall–Kier alpha value is -1.60. The van der Waals surface area contributed by atoms with Crippen LogP contribution in [0.1, 0.15) is 26.3 Å². The predicted molar refractivity (Wildman–Crippen MR) is 95.4 cm³/mol. The second-order valence-corrected chi connectivity index (χ2v) is 7.89. The Kier molecular flexibility index (Phi) is 6.41. The minimum Gasteiger partial charge on any atom is -0.481 e. The molecule has 1 aromatic carbocycles. The molecule has 5 nitrogen and oxygen atoms in total. The van der Waals surface area contributed by atoms with E-state index in [1.54, 1.807) is 18.7 Å². The quantitative estimate of drug-likeness (QED) is 0.603. The third-order valence-electron chi connectivity index (χ3n) is 2.85.